The van der Waals surface area contributed by atoms with Gasteiger partial charge in [0.15, 0.2) is 0 Å². The molecule has 0 spiro atoms. The number of rotatable bonds is 4. The normalized spacial score (nSPS) is 25.2. The molecule has 1 aromatic rings. The molecule has 3 atom stereocenters. The first-order chi connectivity index (χ1) is 7.67. The highest BCUT2D eigenvalue weighted by molar-refractivity contribution is 6.30. The monoisotopic (exact) mass is 239 g/mol. The van der Waals surface area contributed by atoms with Crippen LogP contribution in [0.4, 0.5) is 0 Å². The Morgan fingerprint density at radius 1 is 1.50 bits per heavy atom. The third kappa shape index (κ3) is 2.18. The lowest BCUT2D eigenvalue weighted by molar-refractivity contribution is 0.394. The first kappa shape index (κ1) is 11.7. The third-order valence-corrected chi connectivity index (χ3v) is 3.67. The largest absolute Gasteiger partial charge is 0.496 e. The fourth-order valence-corrected chi connectivity index (χ4v) is 2.54. The van der Waals surface area contributed by atoms with Crippen LogP contribution in [-0.2, 0) is 0 Å². The Morgan fingerprint density at radius 3 is 2.69 bits per heavy atom. The van der Waals surface area contributed by atoms with Gasteiger partial charge in [0.25, 0.3) is 0 Å². The molecule has 1 saturated carbocycles. The van der Waals surface area contributed by atoms with Crippen molar-refractivity contribution in [3.8, 4) is 5.75 Å². The highest BCUT2D eigenvalue weighted by atomic mass is 35.5. The van der Waals surface area contributed by atoms with Gasteiger partial charge in [0.2, 0.25) is 0 Å². The van der Waals surface area contributed by atoms with Crippen LogP contribution < -0.4 is 10.1 Å². The lowest BCUT2D eigenvalue weighted by Gasteiger charge is -2.19. The van der Waals surface area contributed by atoms with Crippen molar-refractivity contribution in [1.82, 2.24) is 5.32 Å². The molecular weight excluding hydrogens is 222 g/mol. The quantitative estimate of drug-likeness (QED) is 0.871. The van der Waals surface area contributed by atoms with Crippen molar-refractivity contribution in [2.45, 2.75) is 19.4 Å². The molecule has 0 radical (unpaired) electrons. The second kappa shape index (κ2) is 4.64. The molecule has 0 saturated heterocycles. The summed E-state index contributed by atoms with van der Waals surface area (Å²) < 4.78 is 5.40. The predicted molar refractivity (Wildman–Crippen MR) is 67.1 cm³/mol. The van der Waals surface area contributed by atoms with Crippen molar-refractivity contribution in [1.29, 1.82) is 0 Å². The van der Waals surface area contributed by atoms with Crippen LogP contribution in [0.25, 0.3) is 0 Å². The van der Waals surface area contributed by atoms with Gasteiger partial charge in [-0.1, -0.05) is 18.5 Å². The molecule has 3 heteroatoms. The first-order valence-electron chi connectivity index (χ1n) is 5.68. The van der Waals surface area contributed by atoms with E-state index in [4.69, 9.17) is 16.3 Å². The topological polar surface area (TPSA) is 21.3 Å². The van der Waals surface area contributed by atoms with Crippen molar-refractivity contribution < 1.29 is 4.74 Å². The molecule has 3 unspecified atom stereocenters. The standard InChI is InChI=1S/C13H18ClNO/c1-8-6-10(8)13(15-2)11-7-9(14)4-5-12(11)16-3/h4-5,7-8,10,13,15H,6H2,1-3H3. The Balaban J connectivity index is 2.32. The minimum Gasteiger partial charge on any atom is -0.496 e. The molecule has 0 aliphatic heterocycles. The van der Waals surface area contributed by atoms with Crippen LogP contribution in [0.1, 0.15) is 24.9 Å². The highest BCUT2D eigenvalue weighted by Gasteiger charge is 2.40. The highest BCUT2D eigenvalue weighted by Crippen LogP contribution is 2.48. The Bertz CT molecular complexity index is 380. The van der Waals surface area contributed by atoms with Crippen LogP contribution >= 0.6 is 11.6 Å². The molecule has 1 fully saturated rings. The van der Waals surface area contributed by atoms with Crippen LogP contribution in [0.3, 0.4) is 0 Å². The Morgan fingerprint density at radius 2 is 2.19 bits per heavy atom. The van der Waals surface area contributed by atoms with E-state index in [1.54, 1.807) is 7.11 Å². The lowest BCUT2D eigenvalue weighted by Crippen LogP contribution is -2.19. The molecular formula is C13H18ClNO. The Hall–Kier alpha value is -0.730. The van der Waals surface area contributed by atoms with E-state index < -0.39 is 0 Å². The van der Waals surface area contributed by atoms with Crippen LogP contribution in [-0.4, -0.2) is 14.2 Å². The van der Waals surface area contributed by atoms with E-state index in [1.165, 1.54) is 12.0 Å². The number of ether oxygens (including phenoxy) is 1. The van der Waals surface area contributed by atoms with Gasteiger partial charge in [-0.05, 0) is 43.5 Å². The predicted octanol–water partition coefficient (Wildman–Crippen LogP) is 3.27. The minimum absolute atomic E-state index is 0.351. The minimum atomic E-state index is 0.351. The molecule has 0 aromatic heterocycles. The van der Waals surface area contributed by atoms with E-state index in [9.17, 15) is 0 Å². The van der Waals surface area contributed by atoms with Crippen LogP contribution in [0.15, 0.2) is 18.2 Å². The molecule has 1 aromatic carbocycles. The zero-order valence-electron chi connectivity index (χ0n) is 9.96. The summed E-state index contributed by atoms with van der Waals surface area (Å²) in [5.74, 6) is 2.42. The van der Waals surface area contributed by atoms with Crippen molar-refractivity contribution in [2.75, 3.05) is 14.2 Å². The van der Waals surface area contributed by atoms with Gasteiger partial charge >= 0.3 is 0 Å². The molecule has 2 nitrogen and oxygen atoms in total. The van der Waals surface area contributed by atoms with E-state index >= 15 is 0 Å². The maximum atomic E-state index is 6.05. The second-order valence-corrected chi connectivity index (χ2v) is 4.97. The summed E-state index contributed by atoms with van der Waals surface area (Å²) in [7, 11) is 3.70. The Labute approximate surface area is 102 Å². The van der Waals surface area contributed by atoms with Crippen LogP contribution in [0.2, 0.25) is 5.02 Å². The zero-order valence-corrected chi connectivity index (χ0v) is 10.7. The maximum Gasteiger partial charge on any atom is 0.123 e. The van der Waals surface area contributed by atoms with Crippen molar-refractivity contribution in [3.05, 3.63) is 28.8 Å². The fourth-order valence-electron chi connectivity index (χ4n) is 2.36. The van der Waals surface area contributed by atoms with Gasteiger partial charge in [0, 0.05) is 16.6 Å². The van der Waals surface area contributed by atoms with Crippen molar-refractivity contribution in [2.24, 2.45) is 11.8 Å². The van der Waals surface area contributed by atoms with Gasteiger partial charge in [0.05, 0.1) is 7.11 Å². The SMILES string of the molecule is CNC(c1cc(Cl)ccc1OC)C1CC1C. The van der Waals surface area contributed by atoms with E-state index in [-0.39, 0.29) is 0 Å². The molecule has 0 bridgehead atoms. The number of methoxy groups -OCH3 is 1. The maximum absolute atomic E-state index is 6.05. The number of nitrogens with one attached hydrogen (secondary N) is 1. The molecule has 16 heavy (non-hydrogen) atoms. The van der Waals surface area contributed by atoms with Gasteiger partial charge < -0.3 is 10.1 Å². The van der Waals surface area contributed by atoms with Crippen LogP contribution in [0.5, 0.6) is 5.75 Å². The van der Waals surface area contributed by atoms with Gasteiger partial charge in [0.1, 0.15) is 5.75 Å². The molecule has 2 rings (SSSR count). The van der Waals surface area contributed by atoms with Crippen LogP contribution in [0, 0.1) is 11.8 Å². The zero-order chi connectivity index (χ0) is 11.7. The molecule has 88 valence electrons. The third-order valence-electron chi connectivity index (χ3n) is 3.44. The van der Waals surface area contributed by atoms with E-state index in [0.29, 0.717) is 12.0 Å². The summed E-state index contributed by atoms with van der Waals surface area (Å²) in [6.45, 7) is 2.28. The van der Waals surface area contributed by atoms with Gasteiger partial charge in [-0.2, -0.15) is 0 Å². The summed E-state index contributed by atoms with van der Waals surface area (Å²) in [5.41, 5.74) is 1.17. The molecule has 1 aliphatic carbocycles. The van der Waals surface area contributed by atoms with Gasteiger partial charge in [-0.3, -0.25) is 0 Å². The van der Waals surface area contributed by atoms with Gasteiger partial charge in [-0.25, -0.2) is 0 Å². The summed E-state index contributed by atoms with van der Waals surface area (Å²) in [6.07, 6.45) is 1.28. The molecule has 0 amide bonds. The summed E-state index contributed by atoms with van der Waals surface area (Å²) in [6, 6.07) is 6.16. The summed E-state index contributed by atoms with van der Waals surface area (Å²) in [5, 5.41) is 4.14. The molecule has 0 heterocycles. The number of halogens is 1. The summed E-state index contributed by atoms with van der Waals surface area (Å²) in [4.78, 5) is 0. The van der Waals surface area contributed by atoms with Crippen molar-refractivity contribution >= 4 is 11.6 Å². The fraction of sp³-hybridized carbons (Fsp3) is 0.538. The number of hydrogen-bond donors (Lipinski definition) is 1. The Kier molecular flexibility index (Phi) is 3.41. The number of hydrogen-bond acceptors (Lipinski definition) is 2. The van der Waals surface area contributed by atoms with E-state index in [1.807, 2.05) is 25.2 Å². The number of benzene rings is 1. The smallest absolute Gasteiger partial charge is 0.123 e. The van der Waals surface area contributed by atoms with E-state index in [2.05, 4.69) is 12.2 Å². The molecule has 1 N–H and O–H groups in total. The lowest BCUT2D eigenvalue weighted by atomic mass is 10.0. The first-order valence-corrected chi connectivity index (χ1v) is 6.06. The van der Waals surface area contributed by atoms with Gasteiger partial charge in [-0.15, -0.1) is 0 Å². The second-order valence-electron chi connectivity index (χ2n) is 4.53. The van der Waals surface area contributed by atoms with Crippen molar-refractivity contribution in [3.63, 3.8) is 0 Å². The van der Waals surface area contributed by atoms with E-state index in [0.717, 1.165) is 16.7 Å². The molecule has 1 aliphatic rings. The average Bonchev–Trinajstić information content (AvgIpc) is 2.97. The average molecular weight is 240 g/mol. The summed E-state index contributed by atoms with van der Waals surface area (Å²) >= 11 is 6.05.